The first kappa shape index (κ1) is 16.2. The van der Waals surface area contributed by atoms with Gasteiger partial charge in [-0.2, -0.15) is 5.26 Å². The molecule has 0 unspecified atom stereocenters. The van der Waals surface area contributed by atoms with Crippen molar-refractivity contribution in [1.29, 1.82) is 5.26 Å². The average Bonchev–Trinajstić information content (AvgIpc) is 2.94. The molecule has 0 saturated heterocycles. The number of nitrogens with zero attached hydrogens (tertiary/aromatic N) is 2. The number of rotatable bonds is 4. The van der Waals surface area contributed by atoms with Gasteiger partial charge >= 0.3 is 0 Å². The molecule has 0 aliphatic heterocycles. The summed E-state index contributed by atoms with van der Waals surface area (Å²) in [6.07, 6.45) is 0. The van der Waals surface area contributed by atoms with Gasteiger partial charge in [0.25, 0.3) is 5.91 Å². The standard InChI is InChI=1S/C14H13N3O3S2/c1-17(2)22(19,20)12-5-3-10(4-6-12)13(18)16-14-11(9-15)7-8-21-14/h3-8H,1-2H3,(H,16,18). The molecule has 0 atom stereocenters. The fraction of sp³-hybridized carbons (Fsp3) is 0.143. The van der Waals surface area contributed by atoms with Crippen LogP contribution in [0.5, 0.6) is 0 Å². The van der Waals surface area contributed by atoms with Crippen LogP contribution in [0.3, 0.4) is 0 Å². The first-order valence-electron chi connectivity index (χ1n) is 6.18. The summed E-state index contributed by atoms with van der Waals surface area (Å²) in [7, 11) is -0.638. The first-order valence-corrected chi connectivity index (χ1v) is 8.50. The number of nitrogens with one attached hydrogen (secondary N) is 1. The first-order chi connectivity index (χ1) is 10.4. The number of carbonyl (C=O) groups is 1. The molecule has 0 spiro atoms. The Morgan fingerprint density at radius 2 is 1.86 bits per heavy atom. The molecule has 22 heavy (non-hydrogen) atoms. The topological polar surface area (TPSA) is 90.3 Å². The minimum Gasteiger partial charge on any atom is -0.312 e. The van der Waals surface area contributed by atoms with E-state index in [-0.39, 0.29) is 4.90 Å². The summed E-state index contributed by atoms with van der Waals surface area (Å²) in [5.74, 6) is -0.396. The Labute approximate surface area is 132 Å². The van der Waals surface area contributed by atoms with Gasteiger partial charge < -0.3 is 5.32 Å². The van der Waals surface area contributed by atoms with Crippen LogP contribution < -0.4 is 5.32 Å². The van der Waals surface area contributed by atoms with Gasteiger partial charge in [-0.05, 0) is 35.7 Å². The van der Waals surface area contributed by atoms with Crippen LogP contribution >= 0.6 is 11.3 Å². The van der Waals surface area contributed by atoms with Crippen molar-refractivity contribution in [2.75, 3.05) is 19.4 Å². The van der Waals surface area contributed by atoms with E-state index in [1.165, 1.54) is 49.7 Å². The van der Waals surface area contributed by atoms with Crippen molar-refractivity contribution in [1.82, 2.24) is 4.31 Å². The van der Waals surface area contributed by atoms with Crippen LogP contribution in [-0.2, 0) is 10.0 Å². The summed E-state index contributed by atoms with van der Waals surface area (Å²) in [5, 5.41) is 13.7. The molecule has 1 amide bonds. The van der Waals surface area contributed by atoms with Crippen LogP contribution in [0.1, 0.15) is 15.9 Å². The van der Waals surface area contributed by atoms with E-state index in [9.17, 15) is 13.2 Å². The lowest BCUT2D eigenvalue weighted by atomic mass is 10.2. The van der Waals surface area contributed by atoms with Crippen molar-refractivity contribution in [3.05, 3.63) is 46.8 Å². The predicted octanol–water partition coefficient (Wildman–Crippen LogP) is 2.12. The highest BCUT2D eigenvalue weighted by atomic mass is 32.2. The second-order valence-corrected chi connectivity index (χ2v) is 7.61. The number of sulfonamides is 1. The molecule has 1 N–H and O–H groups in total. The van der Waals surface area contributed by atoms with Crippen molar-refractivity contribution < 1.29 is 13.2 Å². The third-order valence-electron chi connectivity index (χ3n) is 2.91. The highest BCUT2D eigenvalue weighted by Gasteiger charge is 2.18. The number of hydrogen-bond donors (Lipinski definition) is 1. The molecule has 8 heteroatoms. The van der Waals surface area contributed by atoms with Gasteiger partial charge in [-0.1, -0.05) is 0 Å². The summed E-state index contributed by atoms with van der Waals surface area (Å²) in [6, 6.07) is 9.23. The quantitative estimate of drug-likeness (QED) is 0.926. The van der Waals surface area contributed by atoms with Gasteiger partial charge in [-0.25, -0.2) is 12.7 Å². The molecule has 1 heterocycles. The minimum atomic E-state index is -3.52. The van der Waals surface area contributed by atoms with Gasteiger partial charge in [0, 0.05) is 19.7 Å². The van der Waals surface area contributed by atoms with E-state index in [0.29, 0.717) is 16.1 Å². The number of carbonyl (C=O) groups excluding carboxylic acids is 1. The smallest absolute Gasteiger partial charge is 0.256 e. The van der Waals surface area contributed by atoms with Crippen LogP contribution in [0.15, 0.2) is 40.6 Å². The maximum absolute atomic E-state index is 12.1. The highest BCUT2D eigenvalue weighted by Crippen LogP contribution is 2.23. The third kappa shape index (κ3) is 3.17. The number of anilines is 1. The zero-order valence-electron chi connectivity index (χ0n) is 11.9. The van der Waals surface area contributed by atoms with Crippen LogP contribution in [0, 0.1) is 11.3 Å². The molecule has 0 radical (unpaired) electrons. The molecule has 0 fully saturated rings. The van der Waals surface area contributed by atoms with Gasteiger partial charge in [0.1, 0.15) is 11.1 Å². The molecule has 2 aromatic rings. The summed E-state index contributed by atoms with van der Waals surface area (Å²) in [5.41, 5.74) is 0.708. The van der Waals surface area contributed by atoms with Crippen molar-refractivity contribution >= 4 is 32.3 Å². The second kappa shape index (κ2) is 6.27. The van der Waals surface area contributed by atoms with Crippen molar-refractivity contribution in [3.63, 3.8) is 0 Å². The molecule has 0 aliphatic carbocycles. The van der Waals surface area contributed by atoms with Gasteiger partial charge in [0.15, 0.2) is 0 Å². The molecule has 0 saturated carbocycles. The molecule has 114 valence electrons. The lowest BCUT2D eigenvalue weighted by Crippen LogP contribution is -2.22. The Kier molecular flexibility index (Phi) is 4.61. The van der Waals surface area contributed by atoms with Gasteiger partial charge in [-0.15, -0.1) is 11.3 Å². The van der Waals surface area contributed by atoms with Crippen molar-refractivity contribution in [3.8, 4) is 6.07 Å². The summed E-state index contributed by atoms with van der Waals surface area (Å²) in [6.45, 7) is 0. The minimum absolute atomic E-state index is 0.114. The normalized spacial score (nSPS) is 11.2. The molecular weight excluding hydrogens is 322 g/mol. The second-order valence-electron chi connectivity index (χ2n) is 4.54. The number of hydrogen-bond acceptors (Lipinski definition) is 5. The number of thiophene rings is 1. The van der Waals surface area contributed by atoms with Gasteiger partial charge in [0.05, 0.1) is 10.5 Å². The van der Waals surface area contributed by atoms with Crippen LogP contribution in [-0.4, -0.2) is 32.7 Å². The SMILES string of the molecule is CN(C)S(=O)(=O)c1ccc(C(=O)Nc2sccc2C#N)cc1. The Hall–Kier alpha value is -2.21. The zero-order chi connectivity index (χ0) is 16.3. The third-order valence-corrected chi connectivity index (χ3v) is 5.57. The lowest BCUT2D eigenvalue weighted by Gasteiger charge is -2.11. The van der Waals surface area contributed by atoms with E-state index in [2.05, 4.69) is 5.32 Å². The van der Waals surface area contributed by atoms with E-state index in [1.807, 2.05) is 6.07 Å². The highest BCUT2D eigenvalue weighted by molar-refractivity contribution is 7.89. The fourth-order valence-corrected chi connectivity index (χ4v) is 3.29. The molecule has 1 aromatic heterocycles. The van der Waals surface area contributed by atoms with E-state index in [0.717, 1.165) is 4.31 Å². The largest absolute Gasteiger partial charge is 0.312 e. The fourth-order valence-electron chi connectivity index (χ4n) is 1.66. The van der Waals surface area contributed by atoms with Crippen molar-refractivity contribution in [2.24, 2.45) is 0 Å². The Morgan fingerprint density at radius 3 is 2.41 bits per heavy atom. The van der Waals surface area contributed by atoms with Gasteiger partial charge in [-0.3, -0.25) is 4.79 Å². The molecule has 0 bridgehead atoms. The Bertz CT molecular complexity index is 831. The van der Waals surface area contributed by atoms with Gasteiger partial charge in [0.2, 0.25) is 10.0 Å². The summed E-state index contributed by atoms with van der Waals surface area (Å²) in [4.78, 5) is 12.2. The van der Waals surface area contributed by atoms with E-state index >= 15 is 0 Å². The van der Waals surface area contributed by atoms with E-state index in [4.69, 9.17) is 5.26 Å². The maximum atomic E-state index is 12.1. The Balaban J connectivity index is 2.21. The monoisotopic (exact) mass is 335 g/mol. The number of nitriles is 1. The van der Waals surface area contributed by atoms with Crippen LogP contribution in [0.2, 0.25) is 0 Å². The molecule has 2 rings (SSSR count). The predicted molar refractivity (Wildman–Crippen MR) is 84.3 cm³/mol. The summed E-state index contributed by atoms with van der Waals surface area (Å²) >= 11 is 1.25. The van der Waals surface area contributed by atoms with Crippen LogP contribution in [0.4, 0.5) is 5.00 Å². The maximum Gasteiger partial charge on any atom is 0.256 e. The van der Waals surface area contributed by atoms with Crippen molar-refractivity contribution in [2.45, 2.75) is 4.90 Å². The molecule has 6 nitrogen and oxygen atoms in total. The number of benzene rings is 1. The molecule has 1 aromatic carbocycles. The Morgan fingerprint density at radius 1 is 1.23 bits per heavy atom. The molecular formula is C14H13N3O3S2. The number of amides is 1. The summed E-state index contributed by atoms with van der Waals surface area (Å²) < 4.78 is 25.0. The van der Waals surface area contributed by atoms with Crippen LogP contribution in [0.25, 0.3) is 0 Å². The average molecular weight is 335 g/mol. The lowest BCUT2D eigenvalue weighted by molar-refractivity contribution is 0.102. The molecule has 0 aliphatic rings. The van der Waals surface area contributed by atoms with E-state index < -0.39 is 15.9 Å². The zero-order valence-corrected chi connectivity index (χ0v) is 13.5. The van der Waals surface area contributed by atoms with E-state index in [1.54, 1.807) is 11.4 Å².